The lowest BCUT2D eigenvalue weighted by atomic mass is 10.1. The molecule has 2 heteroatoms. The van der Waals surface area contributed by atoms with Gasteiger partial charge in [-0.3, -0.25) is 0 Å². The Morgan fingerprint density at radius 2 is 1.23 bits per heavy atom. The van der Waals surface area contributed by atoms with Gasteiger partial charge in [0.05, 0.1) is 0 Å². The Hall–Kier alpha value is 0.177. The Bertz CT molecular complexity index is 76.2. The van der Waals surface area contributed by atoms with E-state index in [1.807, 2.05) is 0 Å². The molecule has 0 amide bonds. The lowest BCUT2D eigenvalue weighted by Crippen LogP contribution is -1.85. The number of aliphatic hydroxyl groups excluding tert-OH is 1. The summed E-state index contributed by atoms with van der Waals surface area (Å²) in [6.07, 6.45) is 10.7. The molecule has 0 saturated carbocycles. The molecule has 0 aliphatic carbocycles. The zero-order valence-corrected chi connectivity index (χ0v) is 10.6. The Kier molecular flexibility index (Phi) is 12.3. The molecule has 0 fully saturated rings. The monoisotopic (exact) mass is 202 g/mol. The van der Waals surface area contributed by atoms with E-state index in [0.717, 1.165) is 6.42 Å². The molecule has 0 aromatic rings. The maximum absolute atomic E-state index is 8.57. The Morgan fingerprint density at radius 1 is 0.769 bits per heavy atom. The highest BCUT2D eigenvalue weighted by atomic mass is 28.2. The lowest BCUT2D eigenvalue weighted by Gasteiger charge is -2.00. The van der Waals surface area contributed by atoms with Gasteiger partial charge in [-0.05, 0) is 6.42 Å². The summed E-state index contributed by atoms with van der Waals surface area (Å²) < 4.78 is 0. The molecule has 0 bridgehead atoms. The topological polar surface area (TPSA) is 20.2 Å². The molecule has 0 heterocycles. The summed E-state index contributed by atoms with van der Waals surface area (Å²) in [5.41, 5.74) is 0. The first-order valence-electron chi connectivity index (χ1n) is 6.02. The summed E-state index contributed by atoms with van der Waals surface area (Å²) >= 11 is 0. The summed E-state index contributed by atoms with van der Waals surface area (Å²) in [5, 5.41) is 8.57. The average molecular weight is 202 g/mol. The van der Waals surface area contributed by atoms with Crippen molar-refractivity contribution in [2.24, 2.45) is 0 Å². The molecule has 0 aliphatic rings. The van der Waals surface area contributed by atoms with Crippen molar-refractivity contribution in [3.05, 3.63) is 0 Å². The van der Waals surface area contributed by atoms with E-state index >= 15 is 0 Å². The maximum Gasteiger partial charge on any atom is 0.0431 e. The van der Waals surface area contributed by atoms with Gasteiger partial charge in [-0.15, -0.1) is 0 Å². The second-order valence-corrected chi connectivity index (χ2v) is 5.61. The van der Waals surface area contributed by atoms with E-state index in [-0.39, 0.29) is 0 Å². The van der Waals surface area contributed by atoms with Crippen molar-refractivity contribution in [2.45, 2.75) is 64.0 Å². The maximum atomic E-state index is 8.57. The molecule has 0 atom stereocenters. The largest absolute Gasteiger partial charge is 0.396 e. The van der Waals surface area contributed by atoms with Gasteiger partial charge in [0.15, 0.2) is 0 Å². The third-order valence-corrected chi connectivity index (χ3v) is 3.72. The standard InChI is InChI=1S/C11H26OSi/c1-13-11-9-7-5-3-2-4-6-8-10-12/h12H,2-11,13H2,1H3. The van der Waals surface area contributed by atoms with E-state index < -0.39 is 0 Å². The summed E-state index contributed by atoms with van der Waals surface area (Å²) in [7, 11) is 0.335. The van der Waals surface area contributed by atoms with Crippen LogP contribution in [0.1, 0.15) is 51.4 Å². The van der Waals surface area contributed by atoms with Crippen LogP contribution in [0.15, 0.2) is 0 Å². The smallest absolute Gasteiger partial charge is 0.0431 e. The second-order valence-electron chi connectivity index (χ2n) is 3.91. The van der Waals surface area contributed by atoms with Gasteiger partial charge in [0.1, 0.15) is 0 Å². The second kappa shape index (κ2) is 12.2. The van der Waals surface area contributed by atoms with Crippen LogP contribution in [0.3, 0.4) is 0 Å². The van der Waals surface area contributed by atoms with E-state index in [1.165, 1.54) is 44.9 Å². The fourth-order valence-corrected chi connectivity index (χ4v) is 2.45. The Morgan fingerprint density at radius 3 is 1.69 bits per heavy atom. The summed E-state index contributed by atoms with van der Waals surface area (Å²) in [6, 6.07) is 1.55. The molecule has 1 N–H and O–H groups in total. The quantitative estimate of drug-likeness (QED) is 0.427. The first-order valence-corrected chi connectivity index (χ1v) is 8.44. The number of hydrogen-bond acceptors (Lipinski definition) is 1. The van der Waals surface area contributed by atoms with Gasteiger partial charge in [-0.1, -0.05) is 57.5 Å². The van der Waals surface area contributed by atoms with Gasteiger partial charge < -0.3 is 5.11 Å². The molecule has 0 aromatic heterocycles. The van der Waals surface area contributed by atoms with Crippen molar-refractivity contribution >= 4 is 9.52 Å². The summed E-state index contributed by atoms with van der Waals surface area (Å²) in [5.74, 6) is 0. The normalized spacial score (nSPS) is 11.5. The van der Waals surface area contributed by atoms with Crippen LogP contribution in [0.2, 0.25) is 12.6 Å². The van der Waals surface area contributed by atoms with Gasteiger partial charge in [0, 0.05) is 16.1 Å². The van der Waals surface area contributed by atoms with Crippen LogP contribution in [-0.2, 0) is 0 Å². The number of aliphatic hydroxyl groups is 1. The minimum Gasteiger partial charge on any atom is -0.396 e. The number of unbranched alkanes of at least 4 members (excludes halogenated alkanes) is 7. The van der Waals surface area contributed by atoms with E-state index in [1.54, 1.807) is 6.04 Å². The number of hydrogen-bond donors (Lipinski definition) is 1. The first kappa shape index (κ1) is 13.2. The van der Waals surface area contributed by atoms with Gasteiger partial charge in [0.25, 0.3) is 0 Å². The molecule has 0 spiro atoms. The molecule has 0 unspecified atom stereocenters. The van der Waals surface area contributed by atoms with Crippen LogP contribution in [-0.4, -0.2) is 21.2 Å². The van der Waals surface area contributed by atoms with Gasteiger partial charge in [-0.25, -0.2) is 0 Å². The predicted molar refractivity (Wildman–Crippen MR) is 63.2 cm³/mol. The van der Waals surface area contributed by atoms with Crippen LogP contribution in [0.5, 0.6) is 0 Å². The first-order chi connectivity index (χ1) is 6.41. The molecule has 13 heavy (non-hydrogen) atoms. The zero-order valence-electron chi connectivity index (χ0n) is 9.23. The molecule has 0 rings (SSSR count). The lowest BCUT2D eigenvalue weighted by molar-refractivity contribution is 0.282. The van der Waals surface area contributed by atoms with Crippen LogP contribution >= 0.6 is 0 Å². The van der Waals surface area contributed by atoms with Crippen molar-refractivity contribution in [3.8, 4) is 0 Å². The fraction of sp³-hybridized carbons (Fsp3) is 1.00. The highest BCUT2D eigenvalue weighted by molar-refractivity contribution is 6.33. The zero-order chi connectivity index (χ0) is 9.78. The van der Waals surface area contributed by atoms with Crippen molar-refractivity contribution in [3.63, 3.8) is 0 Å². The minimum atomic E-state index is 0.335. The van der Waals surface area contributed by atoms with Crippen molar-refractivity contribution in [1.82, 2.24) is 0 Å². The highest BCUT2D eigenvalue weighted by Gasteiger charge is 1.91. The molecule has 80 valence electrons. The molecular formula is C11H26OSi. The average Bonchev–Trinajstić information content (AvgIpc) is 2.16. The van der Waals surface area contributed by atoms with Crippen LogP contribution in [0.25, 0.3) is 0 Å². The van der Waals surface area contributed by atoms with Gasteiger partial charge >= 0.3 is 0 Å². The fourth-order valence-electron chi connectivity index (χ4n) is 1.60. The third kappa shape index (κ3) is 12.2. The van der Waals surface area contributed by atoms with E-state index in [9.17, 15) is 0 Å². The Labute approximate surface area is 85.8 Å². The molecule has 0 saturated heterocycles. The van der Waals surface area contributed by atoms with Gasteiger partial charge in [-0.2, -0.15) is 0 Å². The van der Waals surface area contributed by atoms with E-state index in [0.29, 0.717) is 16.1 Å². The highest BCUT2D eigenvalue weighted by Crippen LogP contribution is 2.09. The van der Waals surface area contributed by atoms with Crippen LogP contribution in [0.4, 0.5) is 0 Å². The molecule has 1 nitrogen and oxygen atoms in total. The van der Waals surface area contributed by atoms with Crippen molar-refractivity contribution in [2.75, 3.05) is 6.61 Å². The van der Waals surface area contributed by atoms with E-state index in [4.69, 9.17) is 5.11 Å². The summed E-state index contributed by atoms with van der Waals surface area (Å²) in [4.78, 5) is 0. The van der Waals surface area contributed by atoms with Crippen LogP contribution < -0.4 is 0 Å². The molecule has 0 radical (unpaired) electrons. The van der Waals surface area contributed by atoms with E-state index in [2.05, 4.69) is 6.55 Å². The molecule has 0 aromatic carbocycles. The van der Waals surface area contributed by atoms with Crippen molar-refractivity contribution < 1.29 is 5.11 Å². The van der Waals surface area contributed by atoms with Crippen molar-refractivity contribution in [1.29, 1.82) is 0 Å². The third-order valence-electron chi connectivity index (χ3n) is 2.51. The van der Waals surface area contributed by atoms with Gasteiger partial charge in [0.2, 0.25) is 0 Å². The SMILES string of the molecule is C[SiH2]CCCCCCCCCCO. The Balaban J connectivity index is 2.76. The predicted octanol–water partition coefficient (Wildman–Crippen LogP) is 2.73. The summed E-state index contributed by atoms with van der Waals surface area (Å²) in [6.45, 7) is 2.77. The molecular weight excluding hydrogens is 176 g/mol. The number of rotatable bonds is 10. The molecule has 0 aliphatic heterocycles. The van der Waals surface area contributed by atoms with Crippen LogP contribution in [0, 0.1) is 0 Å². The minimum absolute atomic E-state index is 0.335.